The second-order valence-corrected chi connectivity index (χ2v) is 7.68. The van der Waals surface area contributed by atoms with E-state index in [1.54, 1.807) is 28.4 Å². The molecule has 4 rings (SSSR count). The summed E-state index contributed by atoms with van der Waals surface area (Å²) in [5.74, 6) is -0.314. The van der Waals surface area contributed by atoms with Crippen molar-refractivity contribution in [3.63, 3.8) is 0 Å². The van der Waals surface area contributed by atoms with E-state index in [-0.39, 0.29) is 24.4 Å². The lowest BCUT2D eigenvalue weighted by atomic mass is 9.98. The Balaban J connectivity index is 1.59. The third-order valence-electron chi connectivity index (χ3n) is 4.58. The van der Waals surface area contributed by atoms with Gasteiger partial charge in [-0.05, 0) is 35.4 Å². The number of nitrogens with one attached hydrogen (secondary N) is 1. The Morgan fingerprint density at radius 2 is 2.15 bits per heavy atom. The molecular weight excluding hydrogens is 385 g/mol. The molecular formula is C20H17ClFN3OS. The van der Waals surface area contributed by atoms with E-state index in [9.17, 15) is 9.18 Å². The minimum absolute atomic E-state index is 0.191. The van der Waals surface area contributed by atoms with Crippen LogP contribution in [0.15, 0.2) is 54.0 Å². The predicted molar refractivity (Wildman–Crippen MR) is 104 cm³/mol. The Kier molecular flexibility index (Phi) is 5.09. The van der Waals surface area contributed by atoms with Gasteiger partial charge in [0, 0.05) is 24.5 Å². The molecule has 2 aromatic carbocycles. The first-order chi connectivity index (χ1) is 13.1. The van der Waals surface area contributed by atoms with E-state index in [2.05, 4.69) is 10.3 Å². The molecule has 1 unspecified atom stereocenters. The molecule has 0 saturated heterocycles. The SMILES string of the molecule is O=C(NCc1cccc(F)c1)N1CCc2ncsc2C1c1cccc(Cl)c1. The zero-order valence-electron chi connectivity index (χ0n) is 14.4. The predicted octanol–water partition coefficient (Wildman–Crippen LogP) is 4.79. The van der Waals surface area contributed by atoms with Crippen LogP contribution in [0.25, 0.3) is 0 Å². The Hall–Kier alpha value is -2.44. The molecule has 1 aliphatic rings. The van der Waals surface area contributed by atoms with Gasteiger partial charge in [0.25, 0.3) is 0 Å². The van der Waals surface area contributed by atoms with Crippen LogP contribution in [0.2, 0.25) is 5.02 Å². The number of hydrogen-bond donors (Lipinski definition) is 1. The van der Waals surface area contributed by atoms with Gasteiger partial charge in [-0.15, -0.1) is 11.3 Å². The molecule has 2 amide bonds. The van der Waals surface area contributed by atoms with E-state index in [1.807, 2.05) is 29.8 Å². The van der Waals surface area contributed by atoms with Crippen molar-refractivity contribution in [3.8, 4) is 0 Å². The van der Waals surface area contributed by atoms with E-state index in [0.717, 1.165) is 21.7 Å². The maximum absolute atomic E-state index is 13.4. The molecule has 2 heterocycles. The molecule has 138 valence electrons. The number of amides is 2. The van der Waals surface area contributed by atoms with Crippen LogP contribution in [0, 0.1) is 5.82 Å². The second-order valence-electron chi connectivity index (χ2n) is 6.35. The van der Waals surface area contributed by atoms with Crippen molar-refractivity contribution in [2.45, 2.75) is 19.0 Å². The van der Waals surface area contributed by atoms with Crippen LogP contribution in [0.5, 0.6) is 0 Å². The number of rotatable bonds is 3. The molecule has 4 nitrogen and oxygen atoms in total. The summed E-state index contributed by atoms with van der Waals surface area (Å²) in [6, 6.07) is 13.4. The first-order valence-corrected chi connectivity index (χ1v) is 9.84. The van der Waals surface area contributed by atoms with Gasteiger partial charge in [0.1, 0.15) is 5.82 Å². The van der Waals surface area contributed by atoms with Crippen molar-refractivity contribution in [2.75, 3.05) is 6.54 Å². The molecule has 0 aliphatic carbocycles. The zero-order chi connectivity index (χ0) is 18.8. The summed E-state index contributed by atoms with van der Waals surface area (Å²) in [6.45, 7) is 0.827. The van der Waals surface area contributed by atoms with Crippen LogP contribution in [0.4, 0.5) is 9.18 Å². The highest BCUT2D eigenvalue weighted by atomic mass is 35.5. The third-order valence-corrected chi connectivity index (χ3v) is 5.74. The second kappa shape index (κ2) is 7.66. The van der Waals surface area contributed by atoms with Crippen molar-refractivity contribution in [1.82, 2.24) is 15.2 Å². The maximum Gasteiger partial charge on any atom is 0.318 e. The number of hydrogen-bond acceptors (Lipinski definition) is 3. The van der Waals surface area contributed by atoms with E-state index in [0.29, 0.717) is 18.0 Å². The van der Waals surface area contributed by atoms with Crippen molar-refractivity contribution >= 4 is 29.0 Å². The highest BCUT2D eigenvalue weighted by Crippen LogP contribution is 2.38. The monoisotopic (exact) mass is 401 g/mol. The average molecular weight is 402 g/mol. The Morgan fingerprint density at radius 1 is 1.30 bits per heavy atom. The number of halogens is 2. The fourth-order valence-corrected chi connectivity index (χ4v) is 4.51. The van der Waals surface area contributed by atoms with Crippen molar-refractivity contribution in [3.05, 3.63) is 86.6 Å². The van der Waals surface area contributed by atoms with Crippen LogP contribution in [-0.2, 0) is 13.0 Å². The van der Waals surface area contributed by atoms with Crippen molar-refractivity contribution < 1.29 is 9.18 Å². The lowest BCUT2D eigenvalue weighted by molar-refractivity contribution is 0.180. The molecule has 1 aromatic heterocycles. The lowest BCUT2D eigenvalue weighted by Crippen LogP contribution is -2.45. The molecule has 0 saturated carbocycles. The lowest BCUT2D eigenvalue weighted by Gasteiger charge is -2.35. The first-order valence-electron chi connectivity index (χ1n) is 8.58. The molecule has 1 atom stereocenters. The van der Waals surface area contributed by atoms with Gasteiger partial charge in [0.05, 0.1) is 22.1 Å². The maximum atomic E-state index is 13.4. The summed E-state index contributed by atoms with van der Waals surface area (Å²) in [7, 11) is 0. The van der Waals surface area contributed by atoms with Gasteiger partial charge in [-0.25, -0.2) is 14.2 Å². The van der Waals surface area contributed by atoms with E-state index in [1.165, 1.54) is 12.1 Å². The van der Waals surface area contributed by atoms with E-state index < -0.39 is 0 Å². The van der Waals surface area contributed by atoms with Gasteiger partial charge in [-0.1, -0.05) is 35.9 Å². The zero-order valence-corrected chi connectivity index (χ0v) is 15.9. The van der Waals surface area contributed by atoms with Gasteiger partial charge in [-0.2, -0.15) is 0 Å². The smallest absolute Gasteiger partial charge is 0.318 e. The molecule has 3 aromatic rings. The highest BCUT2D eigenvalue weighted by Gasteiger charge is 2.34. The van der Waals surface area contributed by atoms with Crippen molar-refractivity contribution in [1.29, 1.82) is 0 Å². The number of carbonyl (C=O) groups is 1. The fourth-order valence-electron chi connectivity index (χ4n) is 3.34. The van der Waals surface area contributed by atoms with Gasteiger partial charge >= 0.3 is 6.03 Å². The van der Waals surface area contributed by atoms with E-state index >= 15 is 0 Å². The Bertz CT molecular complexity index is 977. The van der Waals surface area contributed by atoms with Gasteiger partial charge < -0.3 is 10.2 Å². The molecule has 1 N–H and O–H groups in total. The summed E-state index contributed by atoms with van der Waals surface area (Å²) < 4.78 is 13.4. The highest BCUT2D eigenvalue weighted by molar-refractivity contribution is 7.09. The Morgan fingerprint density at radius 3 is 2.96 bits per heavy atom. The van der Waals surface area contributed by atoms with Crippen LogP contribution >= 0.6 is 22.9 Å². The van der Waals surface area contributed by atoms with Crippen LogP contribution < -0.4 is 5.32 Å². The molecule has 1 aliphatic heterocycles. The largest absolute Gasteiger partial charge is 0.334 e. The van der Waals surface area contributed by atoms with E-state index in [4.69, 9.17) is 11.6 Å². The number of benzene rings is 2. The fraction of sp³-hybridized carbons (Fsp3) is 0.200. The van der Waals surface area contributed by atoms with Gasteiger partial charge in [0.15, 0.2) is 0 Å². The van der Waals surface area contributed by atoms with Crippen LogP contribution in [0.1, 0.15) is 27.7 Å². The molecule has 27 heavy (non-hydrogen) atoms. The molecule has 0 spiro atoms. The average Bonchev–Trinajstić information content (AvgIpc) is 3.14. The standard InChI is InChI=1S/C20H17ClFN3OS/c21-15-5-2-4-14(10-15)18-19-17(24-12-27-19)7-8-25(18)20(26)23-11-13-3-1-6-16(22)9-13/h1-6,9-10,12,18H,7-8,11H2,(H,23,26). The quantitative estimate of drug-likeness (QED) is 0.685. The number of aromatic nitrogens is 1. The van der Waals surface area contributed by atoms with Crippen LogP contribution in [0.3, 0.4) is 0 Å². The number of thiazole rings is 1. The van der Waals surface area contributed by atoms with Crippen LogP contribution in [-0.4, -0.2) is 22.5 Å². The topological polar surface area (TPSA) is 45.2 Å². The molecule has 7 heteroatoms. The number of urea groups is 1. The normalized spacial score (nSPS) is 16.1. The summed E-state index contributed by atoms with van der Waals surface area (Å²) in [5.41, 5.74) is 4.52. The minimum atomic E-state index is -0.314. The molecule has 0 radical (unpaired) electrons. The van der Waals surface area contributed by atoms with Crippen molar-refractivity contribution in [2.24, 2.45) is 0 Å². The molecule has 0 fully saturated rings. The molecule has 0 bridgehead atoms. The number of carbonyl (C=O) groups excluding carboxylic acids is 1. The summed E-state index contributed by atoms with van der Waals surface area (Å²) >= 11 is 7.73. The number of fused-ring (bicyclic) bond motifs is 1. The Labute approximate surface area is 165 Å². The summed E-state index contributed by atoms with van der Waals surface area (Å²) in [4.78, 5) is 20.2. The minimum Gasteiger partial charge on any atom is -0.334 e. The number of nitrogens with zero attached hydrogens (tertiary/aromatic N) is 2. The van der Waals surface area contributed by atoms with Gasteiger partial charge in [-0.3, -0.25) is 0 Å². The summed E-state index contributed by atoms with van der Waals surface area (Å²) in [5, 5.41) is 3.53. The van der Waals surface area contributed by atoms with Gasteiger partial charge in [0.2, 0.25) is 0 Å². The summed E-state index contributed by atoms with van der Waals surface area (Å²) in [6.07, 6.45) is 0.712. The first kappa shape index (κ1) is 17.9. The third kappa shape index (κ3) is 3.82.